The van der Waals surface area contributed by atoms with E-state index in [-0.39, 0.29) is 17.5 Å². The summed E-state index contributed by atoms with van der Waals surface area (Å²) in [5.74, 6) is -1.04. The molecule has 2 aliphatic rings. The number of hydrogen-bond donors (Lipinski definition) is 0. The topological polar surface area (TPSA) is 40.6 Å². The number of piperazine rings is 1. The zero-order valence-corrected chi connectivity index (χ0v) is 13.2. The lowest BCUT2D eigenvalue weighted by atomic mass is 10.1. The number of benzene rings is 1. The Morgan fingerprint density at radius 1 is 1.14 bits per heavy atom. The molecule has 0 N–H and O–H groups in total. The van der Waals surface area contributed by atoms with Crippen molar-refractivity contribution in [1.29, 1.82) is 0 Å². The number of halogens is 2. The molecule has 2 aliphatic heterocycles. The summed E-state index contributed by atoms with van der Waals surface area (Å²) < 4.78 is 50.0. The standard InChI is InChI=1S/C15H20F2N2O2S/c16-14-3-1-2-12(15(14)17)10-18-5-7-19(8-6-18)13-4-9-22(20,21)11-13/h1-3,13H,4-11H2/t13-/m0/s1. The third-order valence-corrected chi connectivity index (χ3v) is 6.31. The van der Waals surface area contributed by atoms with Crippen LogP contribution in [0.25, 0.3) is 0 Å². The van der Waals surface area contributed by atoms with E-state index in [0.717, 1.165) is 32.2 Å². The summed E-state index contributed by atoms with van der Waals surface area (Å²) in [5.41, 5.74) is 0.372. The highest BCUT2D eigenvalue weighted by Gasteiger charge is 2.33. The molecular formula is C15H20F2N2O2S. The number of nitrogens with zero attached hydrogens (tertiary/aromatic N) is 2. The van der Waals surface area contributed by atoms with Gasteiger partial charge in [-0.2, -0.15) is 0 Å². The molecule has 7 heteroatoms. The highest BCUT2D eigenvalue weighted by Crippen LogP contribution is 2.20. The molecule has 0 amide bonds. The first kappa shape index (κ1) is 15.8. The molecule has 1 aromatic rings. The van der Waals surface area contributed by atoms with Crippen LogP contribution in [0.4, 0.5) is 8.78 Å². The number of hydrogen-bond acceptors (Lipinski definition) is 4. The van der Waals surface area contributed by atoms with Gasteiger partial charge in [0, 0.05) is 44.3 Å². The highest BCUT2D eigenvalue weighted by atomic mass is 32.2. The summed E-state index contributed by atoms with van der Waals surface area (Å²) in [6, 6.07) is 4.37. The molecule has 1 atom stereocenters. The molecule has 2 saturated heterocycles. The zero-order chi connectivity index (χ0) is 15.7. The zero-order valence-electron chi connectivity index (χ0n) is 12.3. The van der Waals surface area contributed by atoms with Crippen molar-refractivity contribution in [2.24, 2.45) is 0 Å². The molecule has 2 fully saturated rings. The molecule has 3 rings (SSSR count). The van der Waals surface area contributed by atoms with Crippen LogP contribution in [-0.4, -0.2) is 61.9 Å². The molecule has 0 unspecified atom stereocenters. The van der Waals surface area contributed by atoms with Gasteiger partial charge in [-0.1, -0.05) is 12.1 Å². The largest absolute Gasteiger partial charge is 0.297 e. The van der Waals surface area contributed by atoms with Crippen LogP contribution >= 0.6 is 0 Å². The summed E-state index contributed by atoms with van der Waals surface area (Å²) >= 11 is 0. The summed E-state index contributed by atoms with van der Waals surface area (Å²) in [5, 5.41) is 0. The molecule has 0 bridgehead atoms. The second-order valence-corrected chi connectivity index (χ2v) is 8.31. The molecule has 4 nitrogen and oxygen atoms in total. The lowest BCUT2D eigenvalue weighted by Crippen LogP contribution is -2.50. The molecule has 0 aliphatic carbocycles. The molecular weight excluding hydrogens is 310 g/mol. The van der Waals surface area contributed by atoms with E-state index in [1.165, 1.54) is 6.07 Å². The smallest absolute Gasteiger partial charge is 0.163 e. The molecule has 1 aromatic carbocycles. The van der Waals surface area contributed by atoms with E-state index in [2.05, 4.69) is 9.80 Å². The first-order chi connectivity index (χ1) is 10.4. The number of sulfone groups is 1. The van der Waals surface area contributed by atoms with Crippen LogP contribution in [0.3, 0.4) is 0 Å². The van der Waals surface area contributed by atoms with Crippen LogP contribution in [-0.2, 0) is 16.4 Å². The summed E-state index contributed by atoms with van der Waals surface area (Å²) in [6.45, 7) is 3.42. The average Bonchev–Trinajstić information content (AvgIpc) is 2.85. The summed E-state index contributed by atoms with van der Waals surface area (Å²) in [4.78, 5) is 4.29. The van der Waals surface area contributed by atoms with Gasteiger partial charge in [-0.05, 0) is 12.5 Å². The Morgan fingerprint density at radius 2 is 1.86 bits per heavy atom. The molecule has 0 radical (unpaired) electrons. The minimum absolute atomic E-state index is 0.123. The lowest BCUT2D eigenvalue weighted by Gasteiger charge is -2.37. The van der Waals surface area contributed by atoms with Crippen LogP contribution in [0, 0.1) is 11.6 Å². The van der Waals surface area contributed by atoms with Gasteiger partial charge < -0.3 is 0 Å². The van der Waals surface area contributed by atoms with Gasteiger partial charge >= 0.3 is 0 Å². The van der Waals surface area contributed by atoms with E-state index in [1.807, 2.05) is 0 Å². The Kier molecular flexibility index (Phi) is 4.47. The Balaban J connectivity index is 1.55. The second-order valence-electron chi connectivity index (χ2n) is 6.08. The molecule has 22 heavy (non-hydrogen) atoms. The maximum absolute atomic E-state index is 13.7. The number of rotatable bonds is 3. The van der Waals surface area contributed by atoms with Crippen LogP contribution < -0.4 is 0 Å². The fraction of sp³-hybridized carbons (Fsp3) is 0.600. The third kappa shape index (κ3) is 3.47. The SMILES string of the molecule is O=S1(=O)CC[C@H](N2CCN(Cc3cccc(F)c3F)CC2)C1. The van der Waals surface area contributed by atoms with Crippen molar-refractivity contribution in [3.63, 3.8) is 0 Å². The maximum Gasteiger partial charge on any atom is 0.163 e. The minimum atomic E-state index is -2.86. The quantitative estimate of drug-likeness (QED) is 0.837. The van der Waals surface area contributed by atoms with Crippen molar-refractivity contribution in [3.05, 3.63) is 35.4 Å². The highest BCUT2D eigenvalue weighted by molar-refractivity contribution is 7.91. The van der Waals surface area contributed by atoms with Crippen molar-refractivity contribution in [2.75, 3.05) is 37.7 Å². The summed E-state index contributed by atoms with van der Waals surface area (Å²) in [6.07, 6.45) is 0.709. The van der Waals surface area contributed by atoms with Crippen LogP contribution in [0.1, 0.15) is 12.0 Å². The van der Waals surface area contributed by atoms with Gasteiger partial charge in [0.15, 0.2) is 21.5 Å². The summed E-state index contributed by atoms with van der Waals surface area (Å²) in [7, 11) is -2.86. The fourth-order valence-electron chi connectivity index (χ4n) is 3.26. The van der Waals surface area contributed by atoms with Gasteiger partial charge in [0.05, 0.1) is 11.5 Å². The Morgan fingerprint density at radius 3 is 2.50 bits per heavy atom. The minimum Gasteiger partial charge on any atom is -0.297 e. The van der Waals surface area contributed by atoms with Crippen LogP contribution in [0.15, 0.2) is 18.2 Å². The van der Waals surface area contributed by atoms with E-state index in [9.17, 15) is 17.2 Å². The predicted octanol–water partition coefficient (Wildman–Crippen LogP) is 1.27. The molecule has 0 saturated carbocycles. The van der Waals surface area contributed by atoms with Crippen molar-refractivity contribution in [1.82, 2.24) is 9.80 Å². The maximum atomic E-state index is 13.7. The Labute approximate surface area is 129 Å². The molecule has 2 heterocycles. The first-order valence-electron chi connectivity index (χ1n) is 7.54. The van der Waals surface area contributed by atoms with Gasteiger partial charge in [-0.3, -0.25) is 9.80 Å². The monoisotopic (exact) mass is 330 g/mol. The average molecular weight is 330 g/mol. The third-order valence-electron chi connectivity index (χ3n) is 4.56. The second kappa shape index (κ2) is 6.22. The van der Waals surface area contributed by atoms with Crippen molar-refractivity contribution in [2.45, 2.75) is 19.0 Å². The van der Waals surface area contributed by atoms with E-state index >= 15 is 0 Å². The van der Waals surface area contributed by atoms with Crippen molar-refractivity contribution in [3.8, 4) is 0 Å². The van der Waals surface area contributed by atoms with Crippen molar-refractivity contribution >= 4 is 9.84 Å². The predicted molar refractivity (Wildman–Crippen MR) is 80.3 cm³/mol. The van der Waals surface area contributed by atoms with E-state index in [4.69, 9.17) is 0 Å². The Bertz CT molecular complexity index is 643. The van der Waals surface area contributed by atoms with E-state index < -0.39 is 21.5 Å². The van der Waals surface area contributed by atoms with Gasteiger partial charge in [0.2, 0.25) is 0 Å². The van der Waals surface area contributed by atoms with Crippen molar-refractivity contribution < 1.29 is 17.2 Å². The van der Waals surface area contributed by atoms with Gasteiger partial charge in [0.1, 0.15) is 0 Å². The Hall–Kier alpha value is -1.05. The normalized spacial score (nSPS) is 26.4. The van der Waals surface area contributed by atoms with E-state index in [1.54, 1.807) is 6.07 Å². The molecule has 0 spiro atoms. The lowest BCUT2D eigenvalue weighted by molar-refractivity contribution is 0.0992. The van der Waals surface area contributed by atoms with Crippen LogP contribution in [0.2, 0.25) is 0 Å². The van der Waals surface area contributed by atoms with E-state index in [0.29, 0.717) is 18.5 Å². The van der Waals surface area contributed by atoms with Gasteiger partial charge in [0.25, 0.3) is 0 Å². The molecule has 0 aromatic heterocycles. The fourth-order valence-corrected chi connectivity index (χ4v) is 5.02. The van der Waals surface area contributed by atoms with Crippen LogP contribution in [0.5, 0.6) is 0 Å². The first-order valence-corrected chi connectivity index (χ1v) is 9.36. The van der Waals surface area contributed by atoms with Gasteiger partial charge in [-0.25, -0.2) is 17.2 Å². The molecule has 122 valence electrons. The van der Waals surface area contributed by atoms with Gasteiger partial charge in [-0.15, -0.1) is 0 Å².